The van der Waals surface area contributed by atoms with Gasteiger partial charge in [0.05, 0.1) is 32.4 Å². The van der Waals surface area contributed by atoms with Gasteiger partial charge in [-0.1, -0.05) is 25.3 Å². The second kappa shape index (κ2) is 5.71. The largest absolute Gasteiger partial charge is 0.149 e. The molecule has 0 spiro atoms. The number of allylic oxidation sites excluding steroid dienone is 3. The van der Waals surface area contributed by atoms with Gasteiger partial charge in [0, 0.05) is 0 Å². The summed E-state index contributed by atoms with van der Waals surface area (Å²) < 4.78 is 1.92. The Balaban J connectivity index is 4.29. The highest BCUT2D eigenvalue weighted by Gasteiger charge is 2.23. The summed E-state index contributed by atoms with van der Waals surface area (Å²) in [4.78, 5) is 0. The lowest BCUT2D eigenvalue weighted by molar-refractivity contribution is 0.654. The summed E-state index contributed by atoms with van der Waals surface area (Å²) in [7, 11) is -1.12. The van der Waals surface area contributed by atoms with Gasteiger partial charge in [-0.3, -0.25) is 0 Å². The molecule has 0 fully saturated rings. The molecule has 0 radical (unpaired) electrons. The molecule has 0 saturated heterocycles. The van der Waals surface area contributed by atoms with Crippen LogP contribution < -0.4 is 0 Å². The number of hydrogen-bond donors (Lipinski definition) is 0. The van der Waals surface area contributed by atoms with Crippen molar-refractivity contribution in [3.63, 3.8) is 0 Å². The van der Waals surface area contributed by atoms with E-state index in [0.717, 1.165) is 0 Å². The van der Waals surface area contributed by atoms with E-state index in [1.165, 1.54) is 0 Å². The van der Waals surface area contributed by atoms with Crippen LogP contribution in [0.3, 0.4) is 0 Å². The van der Waals surface area contributed by atoms with E-state index in [2.05, 4.69) is 38.3 Å². The number of hydrazone groups is 1. The van der Waals surface area contributed by atoms with E-state index in [4.69, 9.17) is 0 Å². The lowest BCUT2D eigenvalue weighted by Crippen LogP contribution is -2.08. The lowest BCUT2D eigenvalue weighted by atomic mass is 10.5. The molecule has 0 atom stereocenters. The third-order valence-electron chi connectivity index (χ3n) is 1.30. The molecule has 0 aliphatic rings. The first-order valence-electron chi connectivity index (χ1n) is 4.07. The summed E-state index contributed by atoms with van der Waals surface area (Å²) in [6, 6.07) is 0. The average Bonchev–Trinajstić information content (AvgIpc) is 2.02. The number of hydrogen-bond acceptors (Lipinski definition) is 2. The molecule has 0 amide bonds. The fourth-order valence-corrected chi connectivity index (χ4v) is 1.54. The molecular weight excluding hydrogens is 179 g/mol. The van der Waals surface area contributed by atoms with E-state index in [9.17, 15) is 0 Å². The summed E-state index contributed by atoms with van der Waals surface area (Å²) in [6.07, 6.45) is 8.90. The van der Waals surface area contributed by atoms with Gasteiger partial charge in [-0.15, -0.1) is 9.88 Å². The minimum absolute atomic E-state index is 1.12. The highest BCUT2D eigenvalue weighted by atomic mass is 31.2. The molecule has 0 saturated carbocycles. The molecule has 0 aromatic rings. The van der Waals surface area contributed by atoms with Crippen molar-refractivity contribution in [1.82, 2.24) is 4.78 Å². The molecule has 3 heteroatoms. The molecule has 0 unspecified atom stereocenters. The van der Waals surface area contributed by atoms with E-state index >= 15 is 0 Å². The molecule has 0 bridgehead atoms. The highest BCUT2D eigenvalue weighted by molar-refractivity contribution is 7.71. The predicted octanol–water partition coefficient (Wildman–Crippen LogP) is 2.98. The van der Waals surface area contributed by atoms with Crippen LogP contribution in [0, 0.1) is 0 Å². The van der Waals surface area contributed by atoms with Crippen LogP contribution in [0.1, 0.15) is 0 Å². The van der Waals surface area contributed by atoms with Gasteiger partial charge in [0.2, 0.25) is 0 Å². The fourth-order valence-electron chi connectivity index (χ4n) is 0.682. The molecule has 0 aliphatic carbocycles. The molecule has 0 N–H and O–H groups in total. The first-order chi connectivity index (χ1) is 6.02. The zero-order valence-electron chi connectivity index (χ0n) is 8.64. The van der Waals surface area contributed by atoms with Gasteiger partial charge in [0.1, 0.15) is 7.41 Å². The number of rotatable bonds is 5. The first-order valence-corrected chi connectivity index (χ1v) is 7.16. The Morgan fingerprint density at radius 3 is 2.15 bits per heavy atom. The van der Waals surface area contributed by atoms with Crippen LogP contribution in [0.4, 0.5) is 0 Å². The fraction of sp³-hybridized carbons (Fsp3) is 0.300. The quantitative estimate of drug-likeness (QED) is 0.286. The lowest BCUT2D eigenvalue weighted by Gasteiger charge is -2.20. The smallest absolute Gasteiger partial charge is 0.122 e. The normalized spacial score (nSPS) is 12.2. The molecule has 72 valence electrons. The second-order valence-electron chi connectivity index (χ2n) is 3.33. The van der Waals surface area contributed by atoms with Crippen molar-refractivity contribution in [2.45, 2.75) is 0 Å². The molecule has 0 heterocycles. The van der Waals surface area contributed by atoms with Gasteiger partial charge < -0.3 is 0 Å². The summed E-state index contributed by atoms with van der Waals surface area (Å²) in [5.74, 6) is 0. The standard InChI is InChI=1S/C10H18N2P/c1-6-8-9-10-11-12(7-2)13(3,4)5/h6-10H,1-2H2,3-5H3/q+1/b9-8-,11-10-. The van der Waals surface area contributed by atoms with Crippen molar-refractivity contribution in [1.29, 1.82) is 0 Å². The van der Waals surface area contributed by atoms with Crippen molar-refractivity contribution in [3.8, 4) is 0 Å². The Hall–Kier alpha value is -0.880. The van der Waals surface area contributed by atoms with Gasteiger partial charge in [0.25, 0.3) is 0 Å². The Labute approximate surface area is 81.7 Å². The van der Waals surface area contributed by atoms with Crippen LogP contribution in [0.2, 0.25) is 0 Å². The molecule has 13 heavy (non-hydrogen) atoms. The molecule has 2 nitrogen and oxygen atoms in total. The maximum Gasteiger partial charge on any atom is 0.122 e. The minimum atomic E-state index is -1.12. The van der Waals surface area contributed by atoms with Crippen LogP contribution in [0.25, 0.3) is 0 Å². The summed E-state index contributed by atoms with van der Waals surface area (Å²) in [6.45, 7) is 13.8. The molecular formula is C10H18N2P+. The summed E-state index contributed by atoms with van der Waals surface area (Å²) in [5, 5.41) is 4.26. The summed E-state index contributed by atoms with van der Waals surface area (Å²) in [5.41, 5.74) is 0. The number of nitrogens with zero attached hydrogens (tertiary/aromatic N) is 2. The molecule has 0 aliphatic heterocycles. The molecule has 0 rings (SSSR count). The van der Waals surface area contributed by atoms with E-state index in [0.29, 0.717) is 0 Å². The van der Waals surface area contributed by atoms with Gasteiger partial charge in [0.15, 0.2) is 0 Å². The summed E-state index contributed by atoms with van der Waals surface area (Å²) >= 11 is 0. The molecule has 0 aromatic carbocycles. The van der Waals surface area contributed by atoms with Crippen molar-refractivity contribution in [3.05, 3.63) is 37.6 Å². The van der Waals surface area contributed by atoms with E-state index < -0.39 is 7.41 Å². The Kier molecular flexibility index (Phi) is 5.33. The topological polar surface area (TPSA) is 15.6 Å². The minimum Gasteiger partial charge on any atom is -0.149 e. The van der Waals surface area contributed by atoms with E-state index in [1.54, 1.807) is 18.5 Å². The van der Waals surface area contributed by atoms with Crippen LogP contribution in [0.5, 0.6) is 0 Å². The predicted molar refractivity (Wildman–Crippen MR) is 64.6 cm³/mol. The van der Waals surface area contributed by atoms with Crippen molar-refractivity contribution in [2.24, 2.45) is 5.10 Å². The zero-order chi connectivity index (χ0) is 10.3. The first kappa shape index (κ1) is 12.1. The monoisotopic (exact) mass is 197 g/mol. The van der Waals surface area contributed by atoms with E-state index in [1.807, 2.05) is 16.9 Å². The average molecular weight is 197 g/mol. The van der Waals surface area contributed by atoms with Crippen LogP contribution in [-0.2, 0) is 0 Å². The van der Waals surface area contributed by atoms with Crippen molar-refractivity contribution >= 4 is 13.6 Å². The van der Waals surface area contributed by atoms with Gasteiger partial charge >= 0.3 is 0 Å². The van der Waals surface area contributed by atoms with Crippen LogP contribution in [0.15, 0.2) is 42.7 Å². The second-order valence-corrected chi connectivity index (χ2v) is 7.62. The third-order valence-corrected chi connectivity index (χ3v) is 2.79. The molecule has 0 aromatic heterocycles. The van der Waals surface area contributed by atoms with Gasteiger partial charge in [-0.05, 0) is 6.08 Å². The van der Waals surface area contributed by atoms with Crippen LogP contribution >= 0.6 is 7.41 Å². The van der Waals surface area contributed by atoms with Crippen molar-refractivity contribution in [2.75, 3.05) is 20.0 Å². The van der Waals surface area contributed by atoms with Crippen LogP contribution in [-0.4, -0.2) is 31.0 Å². The Bertz CT molecular complexity index is 224. The highest BCUT2D eigenvalue weighted by Crippen LogP contribution is 2.51. The maximum absolute atomic E-state index is 4.26. The van der Waals surface area contributed by atoms with Gasteiger partial charge in [-0.2, -0.15) is 0 Å². The Morgan fingerprint density at radius 2 is 1.77 bits per heavy atom. The van der Waals surface area contributed by atoms with Gasteiger partial charge in [-0.25, -0.2) is 0 Å². The van der Waals surface area contributed by atoms with Crippen molar-refractivity contribution < 1.29 is 0 Å². The van der Waals surface area contributed by atoms with E-state index in [-0.39, 0.29) is 0 Å². The third kappa shape index (κ3) is 5.37. The Morgan fingerprint density at radius 1 is 1.15 bits per heavy atom. The maximum atomic E-state index is 4.26. The SMILES string of the molecule is C=C/C=C\C=N/N(C=C)[P+](C)(C)C. The zero-order valence-corrected chi connectivity index (χ0v) is 9.54.